The van der Waals surface area contributed by atoms with E-state index in [1.54, 1.807) is 6.08 Å². The number of aliphatic hydroxyl groups is 2. The number of rotatable bonds is 34. The van der Waals surface area contributed by atoms with E-state index in [0.717, 1.165) is 83.5 Å². The van der Waals surface area contributed by atoms with E-state index in [4.69, 9.17) is 0 Å². The Balaban J connectivity index is 3.73. The topological polar surface area (TPSA) is 69.6 Å². The second-order valence-corrected chi connectivity index (χ2v) is 12.9. The summed E-state index contributed by atoms with van der Waals surface area (Å²) in [5.41, 5.74) is 0. The van der Waals surface area contributed by atoms with Crippen molar-refractivity contribution in [2.24, 2.45) is 0 Å². The maximum absolute atomic E-state index is 12.3. The molecule has 0 aromatic heterocycles. The molecule has 0 aromatic rings. The van der Waals surface area contributed by atoms with Crippen LogP contribution in [0.5, 0.6) is 0 Å². The van der Waals surface area contributed by atoms with Gasteiger partial charge in [-0.2, -0.15) is 0 Å². The number of unbranched alkanes of at least 4 members (excludes halogenated alkanes) is 13. The van der Waals surface area contributed by atoms with E-state index in [9.17, 15) is 15.0 Å². The third kappa shape index (κ3) is 36.4. The van der Waals surface area contributed by atoms with Crippen LogP contribution in [0.25, 0.3) is 0 Å². The first kappa shape index (κ1) is 46.3. The molecule has 1 amide bonds. The van der Waals surface area contributed by atoms with Gasteiger partial charge in [-0.3, -0.25) is 4.79 Å². The Labute approximate surface area is 303 Å². The van der Waals surface area contributed by atoms with Crippen molar-refractivity contribution < 1.29 is 15.0 Å². The van der Waals surface area contributed by atoms with Crippen LogP contribution in [0.3, 0.4) is 0 Å². The molecule has 3 N–H and O–H groups in total. The fourth-order valence-corrected chi connectivity index (χ4v) is 5.23. The van der Waals surface area contributed by atoms with Crippen molar-refractivity contribution in [2.45, 2.75) is 174 Å². The van der Waals surface area contributed by atoms with Gasteiger partial charge in [0.2, 0.25) is 5.91 Å². The van der Waals surface area contributed by atoms with Crippen molar-refractivity contribution in [1.29, 1.82) is 0 Å². The minimum Gasteiger partial charge on any atom is -0.394 e. The van der Waals surface area contributed by atoms with Gasteiger partial charge in [0.1, 0.15) is 0 Å². The maximum atomic E-state index is 12.3. The molecule has 0 saturated heterocycles. The number of hydrogen-bond acceptors (Lipinski definition) is 3. The summed E-state index contributed by atoms with van der Waals surface area (Å²) in [7, 11) is 0. The molecule has 0 aliphatic carbocycles. The number of nitrogens with one attached hydrogen (secondary N) is 1. The van der Waals surface area contributed by atoms with E-state index >= 15 is 0 Å². The molecule has 0 fully saturated rings. The lowest BCUT2D eigenvalue weighted by molar-refractivity contribution is -0.123. The Morgan fingerprint density at radius 1 is 0.510 bits per heavy atom. The average Bonchev–Trinajstić information content (AvgIpc) is 3.10. The highest BCUT2D eigenvalue weighted by atomic mass is 16.3. The quantitative estimate of drug-likeness (QED) is 0.0469. The van der Waals surface area contributed by atoms with E-state index in [1.807, 2.05) is 6.08 Å². The van der Waals surface area contributed by atoms with E-state index in [-0.39, 0.29) is 12.5 Å². The highest BCUT2D eigenvalue weighted by Gasteiger charge is 2.17. The molecule has 0 aromatic carbocycles. The Bertz CT molecular complexity index is 952. The minimum absolute atomic E-state index is 0.0958. The summed E-state index contributed by atoms with van der Waals surface area (Å²) in [6.45, 7) is 4.13. The zero-order chi connectivity index (χ0) is 35.7. The summed E-state index contributed by atoms with van der Waals surface area (Å²) >= 11 is 0. The van der Waals surface area contributed by atoms with Crippen LogP contribution in [0.1, 0.15) is 162 Å². The van der Waals surface area contributed by atoms with Crippen LogP contribution >= 0.6 is 0 Å². The Hall–Kier alpha value is -2.69. The largest absolute Gasteiger partial charge is 0.394 e. The van der Waals surface area contributed by atoms with Crippen molar-refractivity contribution in [3.63, 3.8) is 0 Å². The molecule has 4 heteroatoms. The van der Waals surface area contributed by atoms with Gasteiger partial charge in [-0.05, 0) is 89.9 Å². The van der Waals surface area contributed by atoms with Crippen molar-refractivity contribution in [3.05, 3.63) is 97.2 Å². The number of carbonyl (C=O) groups is 1. The molecule has 2 atom stereocenters. The monoisotopic (exact) mass is 678 g/mol. The van der Waals surface area contributed by atoms with Crippen molar-refractivity contribution in [1.82, 2.24) is 5.32 Å². The number of carbonyl (C=O) groups excluding carboxylic acids is 1. The van der Waals surface area contributed by atoms with Gasteiger partial charge in [0.15, 0.2) is 0 Å². The first-order valence-electron chi connectivity index (χ1n) is 20.0. The molecule has 278 valence electrons. The fourth-order valence-electron chi connectivity index (χ4n) is 5.23. The van der Waals surface area contributed by atoms with Gasteiger partial charge in [-0.25, -0.2) is 0 Å². The van der Waals surface area contributed by atoms with Gasteiger partial charge in [-0.15, -0.1) is 0 Å². The number of allylic oxidation sites excluding steroid dienone is 15. The summed E-state index contributed by atoms with van der Waals surface area (Å²) in [4.78, 5) is 12.3. The standard InChI is InChI=1S/C45H75NO3/c1-3-5-7-9-11-13-15-17-19-20-21-22-23-24-25-26-27-29-31-33-35-37-39-41-45(49)46-43(42-47)44(48)40-38-36-34-32-30-28-18-16-14-12-10-8-6-4-2/h5,7,11,13-14,16-17,19,21-22,24-25,30,32,38,40,43-44,47-48H,3-4,6,8-10,12,15,18,20,23,26-29,31,33-37,39,41-42H2,1-2H3,(H,46,49)/b7-5-,13-11-,16-14+,19-17-,22-21-,25-24-,32-30+,40-38+. The van der Waals surface area contributed by atoms with Crippen molar-refractivity contribution in [3.8, 4) is 0 Å². The lowest BCUT2D eigenvalue weighted by Crippen LogP contribution is -2.45. The molecule has 0 heterocycles. The summed E-state index contributed by atoms with van der Waals surface area (Å²) in [6.07, 6.45) is 59.2. The highest BCUT2D eigenvalue weighted by Crippen LogP contribution is 2.11. The molecule has 0 aliphatic rings. The SMILES string of the molecule is CC/C=C\C/C=C\C/C=C\C/C=C\C/C=C\CCCCCCCCCC(=O)NC(CO)C(O)/C=C/CC/C=C/CC/C=C/CCCCCC. The molecule has 0 spiro atoms. The number of hydrogen-bond donors (Lipinski definition) is 3. The Kier molecular flexibility index (Phi) is 37.6. The van der Waals surface area contributed by atoms with E-state index in [1.165, 1.54) is 57.8 Å². The first-order valence-corrected chi connectivity index (χ1v) is 20.0. The average molecular weight is 678 g/mol. The molecule has 2 unspecified atom stereocenters. The molecule has 49 heavy (non-hydrogen) atoms. The first-order chi connectivity index (χ1) is 24.2. The van der Waals surface area contributed by atoms with Gasteiger partial charge in [-0.1, -0.05) is 162 Å². The van der Waals surface area contributed by atoms with Gasteiger partial charge in [0.25, 0.3) is 0 Å². The van der Waals surface area contributed by atoms with Crippen LogP contribution in [0, 0.1) is 0 Å². The molecule has 0 aliphatic heterocycles. The van der Waals surface area contributed by atoms with Gasteiger partial charge >= 0.3 is 0 Å². The van der Waals surface area contributed by atoms with Gasteiger partial charge in [0.05, 0.1) is 18.8 Å². The van der Waals surface area contributed by atoms with E-state index < -0.39 is 12.1 Å². The molecular weight excluding hydrogens is 602 g/mol. The summed E-state index contributed by atoms with van der Waals surface area (Å²) in [5.74, 6) is -0.0958. The van der Waals surface area contributed by atoms with Gasteiger partial charge < -0.3 is 15.5 Å². The van der Waals surface area contributed by atoms with Crippen molar-refractivity contribution in [2.75, 3.05) is 6.61 Å². The fraction of sp³-hybridized carbons (Fsp3) is 0.622. The molecule has 0 rings (SSSR count). The summed E-state index contributed by atoms with van der Waals surface area (Å²) < 4.78 is 0. The summed E-state index contributed by atoms with van der Waals surface area (Å²) in [6, 6.07) is -0.656. The molecule has 0 radical (unpaired) electrons. The van der Waals surface area contributed by atoms with Crippen LogP contribution in [-0.2, 0) is 4.79 Å². The predicted molar refractivity (Wildman–Crippen MR) is 216 cm³/mol. The Morgan fingerprint density at radius 2 is 0.918 bits per heavy atom. The predicted octanol–water partition coefficient (Wildman–Crippen LogP) is 12.3. The molecule has 0 saturated carbocycles. The third-order valence-corrected chi connectivity index (χ3v) is 8.28. The smallest absolute Gasteiger partial charge is 0.220 e. The number of amides is 1. The van der Waals surface area contributed by atoms with E-state index in [0.29, 0.717) is 6.42 Å². The van der Waals surface area contributed by atoms with Gasteiger partial charge in [0, 0.05) is 6.42 Å². The van der Waals surface area contributed by atoms with Crippen LogP contribution in [0.4, 0.5) is 0 Å². The zero-order valence-electron chi connectivity index (χ0n) is 31.7. The van der Waals surface area contributed by atoms with Crippen LogP contribution < -0.4 is 5.32 Å². The van der Waals surface area contributed by atoms with Crippen molar-refractivity contribution >= 4 is 5.91 Å². The minimum atomic E-state index is -0.880. The summed E-state index contributed by atoms with van der Waals surface area (Å²) in [5, 5.41) is 22.9. The lowest BCUT2D eigenvalue weighted by atomic mass is 10.1. The van der Waals surface area contributed by atoms with Crippen LogP contribution in [-0.4, -0.2) is 34.9 Å². The molecular formula is C45H75NO3. The van der Waals surface area contributed by atoms with Crippen LogP contribution in [0.15, 0.2) is 97.2 Å². The highest BCUT2D eigenvalue weighted by molar-refractivity contribution is 5.76. The second-order valence-electron chi connectivity index (χ2n) is 12.9. The van der Waals surface area contributed by atoms with Crippen LogP contribution in [0.2, 0.25) is 0 Å². The Morgan fingerprint density at radius 3 is 1.43 bits per heavy atom. The van der Waals surface area contributed by atoms with E-state index in [2.05, 4.69) is 104 Å². The number of aliphatic hydroxyl groups excluding tert-OH is 2. The third-order valence-electron chi connectivity index (χ3n) is 8.28. The zero-order valence-corrected chi connectivity index (χ0v) is 31.7. The molecule has 0 bridgehead atoms. The molecule has 4 nitrogen and oxygen atoms in total. The lowest BCUT2D eigenvalue weighted by Gasteiger charge is -2.19. The second kappa shape index (κ2) is 39.7. The maximum Gasteiger partial charge on any atom is 0.220 e. The normalized spacial score (nSPS) is 14.1.